The van der Waals surface area contributed by atoms with Crippen LogP contribution < -0.4 is 4.74 Å². The van der Waals surface area contributed by atoms with Crippen molar-refractivity contribution in [2.24, 2.45) is 0 Å². The van der Waals surface area contributed by atoms with Gasteiger partial charge in [-0.2, -0.15) is 4.31 Å². The highest BCUT2D eigenvalue weighted by Gasteiger charge is 2.29. The van der Waals surface area contributed by atoms with Gasteiger partial charge < -0.3 is 9.64 Å². The quantitative estimate of drug-likeness (QED) is 0.628. The van der Waals surface area contributed by atoms with Crippen LogP contribution in [0.4, 0.5) is 0 Å². The molecule has 1 aliphatic rings. The zero-order chi connectivity index (χ0) is 20.1. The van der Waals surface area contributed by atoms with Gasteiger partial charge in [-0.25, -0.2) is 8.42 Å². The summed E-state index contributed by atoms with van der Waals surface area (Å²) in [6.45, 7) is 1.09. The van der Waals surface area contributed by atoms with E-state index in [0.29, 0.717) is 23.9 Å². The van der Waals surface area contributed by atoms with E-state index in [9.17, 15) is 13.2 Å². The Hall–Kier alpha value is -1.61. The van der Waals surface area contributed by atoms with Crippen molar-refractivity contribution in [1.82, 2.24) is 9.21 Å². The van der Waals surface area contributed by atoms with Crippen LogP contribution in [0.2, 0.25) is 5.02 Å². The van der Waals surface area contributed by atoms with Crippen LogP contribution in [0.1, 0.15) is 5.56 Å². The normalized spacial score (nSPS) is 15.4. The van der Waals surface area contributed by atoms with E-state index in [-0.39, 0.29) is 31.4 Å². The van der Waals surface area contributed by atoms with Crippen molar-refractivity contribution in [1.29, 1.82) is 0 Å². The molecule has 0 bridgehead atoms. The molecule has 2 aromatic carbocycles. The van der Waals surface area contributed by atoms with Crippen LogP contribution in [0.3, 0.4) is 0 Å². The van der Waals surface area contributed by atoms with Crippen molar-refractivity contribution in [2.45, 2.75) is 5.75 Å². The summed E-state index contributed by atoms with van der Waals surface area (Å²) < 4.78 is 32.9. The largest absolute Gasteiger partial charge is 0.482 e. The van der Waals surface area contributed by atoms with Gasteiger partial charge in [0.1, 0.15) is 5.75 Å². The van der Waals surface area contributed by atoms with Crippen molar-refractivity contribution in [3.05, 3.63) is 63.6 Å². The number of nitrogens with zero attached hydrogens (tertiary/aromatic N) is 2. The number of carbonyl (C=O) groups is 1. The van der Waals surface area contributed by atoms with E-state index in [1.165, 1.54) is 4.31 Å². The number of ether oxygens (including phenoxy) is 1. The predicted molar refractivity (Wildman–Crippen MR) is 112 cm³/mol. The van der Waals surface area contributed by atoms with Crippen molar-refractivity contribution < 1.29 is 17.9 Å². The average Bonchev–Trinajstić information content (AvgIpc) is 2.67. The smallest absolute Gasteiger partial charge is 0.260 e. The molecule has 0 unspecified atom stereocenters. The number of carbonyl (C=O) groups excluding carboxylic acids is 1. The van der Waals surface area contributed by atoms with Crippen molar-refractivity contribution >= 4 is 43.5 Å². The molecule has 1 amide bonds. The molecule has 1 aliphatic heterocycles. The second kappa shape index (κ2) is 9.26. The minimum atomic E-state index is -3.41. The molecule has 3 rings (SSSR count). The molecule has 0 atom stereocenters. The van der Waals surface area contributed by atoms with Gasteiger partial charge in [0.05, 0.1) is 10.8 Å². The molecule has 9 heteroatoms. The summed E-state index contributed by atoms with van der Waals surface area (Å²) in [4.78, 5) is 14.0. The molecule has 28 heavy (non-hydrogen) atoms. The molecule has 0 radical (unpaired) electrons. The Labute approximate surface area is 178 Å². The highest BCUT2D eigenvalue weighted by molar-refractivity contribution is 9.10. The van der Waals surface area contributed by atoms with Gasteiger partial charge in [0.2, 0.25) is 10.0 Å². The van der Waals surface area contributed by atoms with Gasteiger partial charge >= 0.3 is 0 Å². The van der Waals surface area contributed by atoms with Gasteiger partial charge in [0.25, 0.3) is 5.91 Å². The number of benzene rings is 2. The molecular weight excluding hydrogens is 468 g/mol. The molecule has 2 aromatic rings. The summed E-state index contributed by atoms with van der Waals surface area (Å²) in [5, 5.41) is 0.416. The van der Waals surface area contributed by atoms with Crippen LogP contribution in [0.15, 0.2) is 53.0 Å². The predicted octanol–water partition coefficient (Wildman–Crippen LogP) is 3.16. The summed E-state index contributed by atoms with van der Waals surface area (Å²) >= 11 is 9.39. The lowest BCUT2D eigenvalue weighted by atomic mass is 10.2. The van der Waals surface area contributed by atoms with E-state index < -0.39 is 10.0 Å². The maximum absolute atomic E-state index is 12.6. The number of halogens is 2. The lowest BCUT2D eigenvalue weighted by molar-refractivity contribution is -0.134. The molecule has 0 aromatic heterocycles. The minimum absolute atomic E-state index is 0.0348. The van der Waals surface area contributed by atoms with E-state index in [4.69, 9.17) is 16.3 Å². The van der Waals surface area contributed by atoms with Gasteiger partial charge in [0, 0.05) is 30.7 Å². The second-order valence-electron chi connectivity index (χ2n) is 6.39. The minimum Gasteiger partial charge on any atom is -0.482 e. The third-order valence-corrected chi connectivity index (χ3v) is 7.06. The number of hydrogen-bond acceptors (Lipinski definition) is 4. The van der Waals surface area contributed by atoms with Crippen LogP contribution >= 0.6 is 27.5 Å². The second-order valence-corrected chi connectivity index (χ2v) is 9.68. The lowest BCUT2D eigenvalue weighted by Crippen LogP contribution is -2.51. The molecule has 1 heterocycles. The average molecular weight is 488 g/mol. The Balaban J connectivity index is 1.51. The van der Waals surface area contributed by atoms with Gasteiger partial charge in [-0.05, 0) is 23.8 Å². The first-order valence-corrected chi connectivity index (χ1v) is 11.5. The van der Waals surface area contributed by atoms with Crippen molar-refractivity contribution in [3.63, 3.8) is 0 Å². The fourth-order valence-corrected chi connectivity index (χ4v) is 5.16. The Kier molecular flexibility index (Phi) is 6.98. The lowest BCUT2D eigenvalue weighted by Gasteiger charge is -2.34. The zero-order valence-electron chi connectivity index (χ0n) is 15.1. The van der Waals surface area contributed by atoms with Crippen LogP contribution in [0.5, 0.6) is 5.75 Å². The molecule has 0 saturated carbocycles. The number of sulfonamides is 1. The monoisotopic (exact) mass is 486 g/mol. The maximum atomic E-state index is 12.6. The van der Waals surface area contributed by atoms with Gasteiger partial charge in [-0.3, -0.25) is 4.79 Å². The highest BCUT2D eigenvalue weighted by Crippen LogP contribution is 2.27. The SMILES string of the molecule is O=C(COc1ccc(Br)cc1Cl)N1CCN(S(=O)(=O)Cc2ccccc2)CC1. The molecule has 1 fully saturated rings. The third kappa shape index (κ3) is 5.47. The number of amides is 1. The molecular formula is C19H20BrClN2O4S. The molecule has 0 aliphatic carbocycles. The van der Waals surface area contributed by atoms with E-state index in [1.807, 2.05) is 18.2 Å². The standard InChI is InChI=1S/C19H20BrClN2O4S/c20-16-6-7-18(17(21)12-16)27-13-19(24)22-8-10-23(11-9-22)28(25,26)14-15-4-2-1-3-5-15/h1-7,12H,8-11,13-14H2. The highest BCUT2D eigenvalue weighted by atomic mass is 79.9. The van der Waals surface area contributed by atoms with E-state index in [2.05, 4.69) is 15.9 Å². The summed E-state index contributed by atoms with van der Waals surface area (Å²) in [5.41, 5.74) is 0.751. The number of piperazine rings is 1. The number of rotatable bonds is 6. The Morgan fingerprint density at radius 2 is 1.75 bits per heavy atom. The number of hydrogen-bond donors (Lipinski definition) is 0. The van der Waals surface area contributed by atoms with E-state index >= 15 is 0 Å². The fourth-order valence-electron chi connectivity index (χ4n) is 2.91. The molecule has 6 nitrogen and oxygen atoms in total. The molecule has 1 saturated heterocycles. The summed E-state index contributed by atoms with van der Waals surface area (Å²) in [7, 11) is -3.41. The third-order valence-electron chi connectivity index (χ3n) is 4.42. The van der Waals surface area contributed by atoms with Crippen LogP contribution in [-0.2, 0) is 20.6 Å². The molecule has 0 spiro atoms. The van der Waals surface area contributed by atoms with Gasteiger partial charge in [0.15, 0.2) is 6.61 Å². The van der Waals surface area contributed by atoms with E-state index in [1.54, 1.807) is 35.2 Å². The first-order chi connectivity index (χ1) is 13.3. The molecule has 0 N–H and O–H groups in total. The van der Waals surface area contributed by atoms with Gasteiger partial charge in [-0.1, -0.05) is 57.9 Å². The van der Waals surface area contributed by atoms with Gasteiger partial charge in [-0.15, -0.1) is 0 Å². The Bertz CT molecular complexity index is 932. The Morgan fingerprint density at radius 3 is 2.39 bits per heavy atom. The van der Waals surface area contributed by atoms with E-state index in [0.717, 1.165) is 10.0 Å². The topological polar surface area (TPSA) is 66.9 Å². The van der Waals surface area contributed by atoms with Crippen molar-refractivity contribution in [2.75, 3.05) is 32.8 Å². The first kappa shape index (κ1) is 21.1. The summed E-state index contributed by atoms with van der Waals surface area (Å²) in [5.74, 6) is 0.203. The van der Waals surface area contributed by atoms with Crippen LogP contribution in [0, 0.1) is 0 Å². The van der Waals surface area contributed by atoms with Crippen LogP contribution in [-0.4, -0.2) is 56.3 Å². The fraction of sp³-hybridized carbons (Fsp3) is 0.316. The first-order valence-electron chi connectivity index (χ1n) is 8.72. The summed E-state index contributed by atoms with van der Waals surface area (Å²) in [6.07, 6.45) is 0. The Morgan fingerprint density at radius 1 is 1.07 bits per heavy atom. The maximum Gasteiger partial charge on any atom is 0.260 e. The molecule has 150 valence electrons. The zero-order valence-corrected chi connectivity index (χ0v) is 18.2. The van der Waals surface area contributed by atoms with Crippen LogP contribution in [0.25, 0.3) is 0 Å². The summed E-state index contributed by atoms with van der Waals surface area (Å²) in [6, 6.07) is 14.2. The van der Waals surface area contributed by atoms with Crippen molar-refractivity contribution in [3.8, 4) is 5.75 Å².